The lowest BCUT2D eigenvalue weighted by Gasteiger charge is -2.11. The summed E-state index contributed by atoms with van der Waals surface area (Å²) in [5.74, 6) is 0.196. The number of amides is 1. The number of benzene rings is 1. The van der Waals surface area contributed by atoms with Gasteiger partial charge in [0, 0.05) is 6.20 Å². The van der Waals surface area contributed by atoms with Crippen molar-refractivity contribution in [1.82, 2.24) is 4.98 Å². The van der Waals surface area contributed by atoms with Crippen LogP contribution in [0.2, 0.25) is 0 Å². The van der Waals surface area contributed by atoms with E-state index in [0.29, 0.717) is 17.1 Å². The quantitative estimate of drug-likeness (QED) is 0.822. The normalized spacial score (nSPS) is 9.80. The van der Waals surface area contributed by atoms with Crippen LogP contribution in [0.1, 0.15) is 10.5 Å². The van der Waals surface area contributed by atoms with E-state index in [1.807, 2.05) is 0 Å². The van der Waals surface area contributed by atoms with Crippen molar-refractivity contribution in [1.29, 1.82) is 0 Å². The van der Waals surface area contributed by atoms with E-state index in [1.165, 1.54) is 0 Å². The first-order valence-corrected chi connectivity index (χ1v) is 6.30. The smallest absolute Gasteiger partial charge is 0.274 e. The molecule has 0 aliphatic carbocycles. The molecule has 0 radical (unpaired) electrons. The minimum atomic E-state index is -0.308. The zero-order chi connectivity index (χ0) is 14.4. The van der Waals surface area contributed by atoms with Gasteiger partial charge in [-0.05, 0) is 24.3 Å². The molecule has 0 atom stereocenters. The third kappa shape index (κ3) is 3.76. The summed E-state index contributed by atoms with van der Waals surface area (Å²) < 4.78 is 5.43. The number of nitrogens with two attached hydrogens (primary N) is 1. The van der Waals surface area contributed by atoms with Gasteiger partial charge in [0.25, 0.3) is 5.91 Å². The Hall–Kier alpha value is -2.47. The molecule has 0 unspecified atom stereocenters. The largest absolute Gasteiger partial charge is 0.484 e. The molecule has 1 amide bonds. The van der Waals surface area contributed by atoms with Crippen LogP contribution >= 0.6 is 12.2 Å². The van der Waals surface area contributed by atoms with Gasteiger partial charge in [-0.15, -0.1) is 0 Å². The number of pyridine rings is 1. The fraction of sp³-hybridized carbons (Fsp3) is 0.0714. The Kier molecular flexibility index (Phi) is 4.62. The van der Waals surface area contributed by atoms with Crippen molar-refractivity contribution in [2.24, 2.45) is 5.73 Å². The van der Waals surface area contributed by atoms with Gasteiger partial charge in [-0.25, -0.2) is 0 Å². The van der Waals surface area contributed by atoms with Crippen molar-refractivity contribution in [3.8, 4) is 5.75 Å². The van der Waals surface area contributed by atoms with Crippen molar-refractivity contribution >= 4 is 28.8 Å². The molecule has 2 rings (SSSR count). The lowest BCUT2D eigenvalue weighted by Crippen LogP contribution is -2.19. The molecule has 0 fully saturated rings. The Morgan fingerprint density at radius 3 is 2.70 bits per heavy atom. The van der Waals surface area contributed by atoms with E-state index >= 15 is 0 Å². The van der Waals surface area contributed by atoms with Crippen LogP contribution in [-0.2, 0) is 0 Å². The molecular formula is C14H13N3O2S. The van der Waals surface area contributed by atoms with Crippen molar-refractivity contribution in [2.75, 3.05) is 11.9 Å². The molecule has 0 aliphatic rings. The minimum absolute atomic E-state index is 0.117. The number of para-hydroxylation sites is 2. The lowest BCUT2D eigenvalue weighted by molar-refractivity contribution is 0.102. The van der Waals surface area contributed by atoms with Crippen molar-refractivity contribution in [3.05, 3.63) is 54.4 Å². The molecule has 0 spiro atoms. The third-order valence-corrected chi connectivity index (χ3v) is 2.52. The summed E-state index contributed by atoms with van der Waals surface area (Å²) in [5, 5.41) is 2.74. The van der Waals surface area contributed by atoms with Crippen molar-refractivity contribution in [3.63, 3.8) is 0 Å². The van der Waals surface area contributed by atoms with Crippen molar-refractivity contribution in [2.45, 2.75) is 0 Å². The van der Waals surface area contributed by atoms with Crippen LogP contribution in [0.3, 0.4) is 0 Å². The molecule has 1 aromatic heterocycles. The van der Waals surface area contributed by atoms with E-state index in [-0.39, 0.29) is 17.5 Å². The molecule has 2 aromatic rings. The molecule has 3 N–H and O–H groups in total. The SMILES string of the molecule is NC(=S)COc1ccccc1NC(=O)c1ccccn1. The molecule has 0 aliphatic heterocycles. The second-order valence-corrected chi connectivity index (χ2v) is 4.44. The highest BCUT2D eigenvalue weighted by atomic mass is 32.1. The maximum absolute atomic E-state index is 12.0. The summed E-state index contributed by atoms with van der Waals surface area (Å²) in [6, 6.07) is 12.2. The Labute approximate surface area is 121 Å². The van der Waals surface area contributed by atoms with Crippen LogP contribution in [-0.4, -0.2) is 22.5 Å². The van der Waals surface area contributed by atoms with Crippen LogP contribution in [0.15, 0.2) is 48.7 Å². The van der Waals surface area contributed by atoms with Gasteiger partial charge in [0.2, 0.25) is 0 Å². The first-order chi connectivity index (χ1) is 9.66. The standard InChI is InChI=1S/C14H13N3O2S/c15-13(20)9-19-12-7-2-1-5-10(12)17-14(18)11-6-3-4-8-16-11/h1-8H,9H2,(H2,15,20)(H,17,18). The fourth-order valence-corrected chi connectivity index (χ4v) is 1.59. The van der Waals surface area contributed by atoms with E-state index in [2.05, 4.69) is 10.3 Å². The minimum Gasteiger partial charge on any atom is -0.484 e. The Balaban J connectivity index is 2.13. The molecule has 20 heavy (non-hydrogen) atoms. The van der Waals surface area contributed by atoms with Gasteiger partial charge in [0.15, 0.2) is 0 Å². The average Bonchev–Trinajstić information content (AvgIpc) is 2.47. The molecule has 0 saturated carbocycles. The number of nitrogens with zero attached hydrogens (tertiary/aromatic N) is 1. The van der Waals surface area contributed by atoms with Gasteiger partial charge < -0.3 is 15.8 Å². The monoisotopic (exact) mass is 287 g/mol. The van der Waals surface area contributed by atoms with Crippen LogP contribution in [0.25, 0.3) is 0 Å². The lowest BCUT2D eigenvalue weighted by atomic mass is 10.2. The van der Waals surface area contributed by atoms with Gasteiger partial charge in [-0.2, -0.15) is 0 Å². The number of nitrogens with one attached hydrogen (secondary N) is 1. The average molecular weight is 287 g/mol. The van der Waals surface area contributed by atoms with Gasteiger partial charge in [0.05, 0.1) is 5.69 Å². The summed E-state index contributed by atoms with van der Waals surface area (Å²) in [4.78, 5) is 16.3. The molecule has 0 saturated heterocycles. The summed E-state index contributed by atoms with van der Waals surface area (Å²) in [7, 11) is 0. The maximum atomic E-state index is 12.0. The summed E-state index contributed by atoms with van der Waals surface area (Å²) >= 11 is 4.76. The van der Waals surface area contributed by atoms with Crippen LogP contribution < -0.4 is 15.8 Å². The van der Waals surface area contributed by atoms with E-state index in [4.69, 9.17) is 22.7 Å². The van der Waals surface area contributed by atoms with E-state index in [9.17, 15) is 4.79 Å². The summed E-state index contributed by atoms with van der Waals surface area (Å²) in [6.45, 7) is 0.117. The number of carbonyl (C=O) groups excluding carboxylic acids is 1. The van der Waals surface area contributed by atoms with Crippen molar-refractivity contribution < 1.29 is 9.53 Å². The molecule has 0 bridgehead atoms. The second kappa shape index (κ2) is 6.63. The van der Waals surface area contributed by atoms with Crippen LogP contribution in [0, 0.1) is 0 Å². The van der Waals surface area contributed by atoms with E-state index in [0.717, 1.165) is 0 Å². The number of hydrogen-bond donors (Lipinski definition) is 2. The number of aromatic nitrogens is 1. The molecule has 102 valence electrons. The topological polar surface area (TPSA) is 77.2 Å². The summed E-state index contributed by atoms with van der Waals surface area (Å²) in [6.07, 6.45) is 1.56. The van der Waals surface area contributed by atoms with Gasteiger partial charge >= 0.3 is 0 Å². The van der Waals surface area contributed by atoms with Gasteiger partial charge in [-0.1, -0.05) is 30.4 Å². The molecular weight excluding hydrogens is 274 g/mol. The molecule has 1 aromatic carbocycles. The molecule has 5 nitrogen and oxygen atoms in total. The molecule has 6 heteroatoms. The second-order valence-electron chi connectivity index (χ2n) is 3.92. The zero-order valence-corrected chi connectivity index (χ0v) is 11.4. The number of rotatable bonds is 5. The Bertz CT molecular complexity index is 617. The summed E-state index contributed by atoms with van der Waals surface area (Å²) in [5.41, 5.74) is 6.26. The highest BCUT2D eigenvalue weighted by Gasteiger charge is 2.10. The van der Waals surface area contributed by atoms with Gasteiger partial charge in [0.1, 0.15) is 23.0 Å². The highest BCUT2D eigenvalue weighted by Crippen LogP contribution is 2.24. The number of thiocarbonyl (C=S) groups is 1. The number of ether oxygens (including phenoxy) is 1. The van der Waals surface area contributed by atoms with Gasteiger partial charge in [-0.3, -0.25) is 9.78 Å². The Morgan fingerprint density at radius 1 is 1.25 bits per heavy atom. The van der Waals surface area contributed by atoms with Crippen LogP contribution in [0.4, 0.5) is 5.69 Å². The first-order valence-electron chi connectivity index (χ1n) is 5.89. The van der Waals surface area contributed by atoms with E-state index < -0.39 is 0 Å². The van der Waals surface area contributed by atoms with E-state index in [1.54, 1.807) is 48.7 Å². The Morgan fingerprint density at radius 2 is 2.00 bits per heavy atom. The molecule has 1 heterocycles. The number of hydrogen-bond acceptors (Lipinski definition) is 4. The predicted molar refractivity (Wildman–Crippen MR) is 80.9 cm³/mol. The number of carbonyl (C=O) groups is 1. The number of anilines is 1. The van der Waals surface area contributed by atoms with Crippen LogP contribution in [0.5, 0.6) is 5.75 Å². The zero-order valence-electron chi connectivity index (χ0n) is 10.6. The fourth-order valence-electron chi connectivity index (χ4n) is 1.53. The highest BCUT2D eigenvalue weighted by molar-refractivity contribution is 7.80. The predicted octanol–water partition coefficient (Wildman–Crippen LogP) is 2.00. The first kappa shape index (κ1) is 14.0. The third-order valence-electron chi connectivity index (χ3n) is 2.40. The maximum Gasteiger partial charge on any atom is 0.274 e.